The maximum Gasteiger partial charge on any atom is 0.240 e. The summed E-state index contributed by atoms with van der Waals surface area (Å²) in [6.45, 7) is 2.53. The smallest absolute Gasteiger partial charge is 0.240 e. The molecule has 3 rings (SSSR count). The van der Waals surface area contributed by atoms with Gasteiger partial charge < -0.3 is 5.32 Å². The first kappa shape index (κ1) is 14.5. The Bertz CT molecular complexity index is 630. The van der Waals surface area contributed by atoms with Crippen molar-refractivity contribution in [1.82, 2.24) is 10.0 Å². The van der Waals surface area contributed by atoms with Crippen LogP contribution in [0.2, 0.25) is 0 Å². The Kier molecular flexibility index (Phi) is 3.75. The van der Waals surface area contributed by atoms with Gasteiger partial charge in [-0.3, -0.25) is 4.79 Å². The Morgan fingerprint density at radius 2 is 2.00 bits per heavy atom. The first-order valence-electron chi connectivity index (χ1n) is 7.31. The standard InChI is InChI=1S/C15H20N2O3S/c1-10-7-14-12(8-15(18)17-14)13(10)9-16-21(19,20)11-5-3-2-4-6-11/h2-6,10,12-14,16H,7-9H2,1H3,(H,17,18)/t10-,12-,13+,14+/m0/s1. The normalized spacial score (nSPS) is 32.0. The average molecular weight is 308 g/mol. The zero-order chi connectivity index (χ0) is 15.0. The minimum Gasteiger partial charge on any atom is -0.353 e. The molecule has 4 atom stereocenters. The summed E-state index contributed by atoms with van der Waals surface area (Å²) in [7, 11) is -3.47. The van der Waals surface area contributed by atoms with Crippen molar-refractivity contribution in [2.45, 2.75) is 30.7 Å². The van der Waals surface area contributed by atoms with Crippen LogP contribution in [0.4, 0.5) is 0 Å². The van der Waals surface area contributed by atoms with Gasteiger partial charge in [0.1, 0.15) is 0 Å². The summed E-state index contributed by atoms with van der Waals surface area (Å²) in [4.78, 5) is 11.8. The number of nitrogens with one attached hydrogen (secondary N) is 2. The Morgan fingerprint density at radius 3 is 2.71 bits per heavy atom. The summed E-state index contributed by atoms with van der Waals surface area (Å²) < 4.78 is 27.2. The summed E-state index contributed by atoms with van der Waals surface area (Å²) in [5, 5.41) is 2.99. The summed E-state index contributed by atoms with van der Waals surface area (Å²) in [6, 6.07) is 8.61. The molecular formula is C15H20N2O3S. The second-order valence-electron chi connectivity index (χ2n) is 6.08. The zero-order valence-electron chi connectivity index (χ0n) is 12.0. The highest BCUT2D eigenvalue weighted by atomic mass is 32.2. The molecule has 1 saturated carbocycles. The molecule has 0 bridgehead atoms. The number of carbonyl (C=O) groups excluding carboxylic acids is 1. The lowest BCUT2D eigenvalue weighted by Crippen LogP contribution is -2.33. The number of amides is 1. The molecule has 1 aromatic rings. The molecular weight excluding hydrogens is 288 g/mol. The van der Waals surface area contributed by atoms with E-state index in [0.717, 1.165) is 6.42 Å². The van der Waals surface area contributed by atoms with Crippen LogP contribution in [0.15, 0.2) is 35.2 Å². The van der Waals surface area contributed by atoms with Gasteiger partial charge in [-0.1, -0.05) is 25.1 Å². The number of hydrogen-bond donors (Lipinski definition) is 2. The molecule has 0 spiro atoms. The fraction of sp³-hybridized carbons (Fsp3) is 0.533. The molecule has 2 aliphatic rings. The van der Waals surface area contributed by atoms with E-state index in [0.29, 0.717) is 18.9 Å². The predicted octanol–water partition coefficient (Wildman–Crippen LogP) is 1.13. The van der Waals surface area contributed by atoms with Gasteiger partial charge in [0.15, 0.2) is 0 Å². The number of fused-ring (bicyclic) bond motifs is 1. The quantitative estimate of drug-likeness (QED) is 0.875. The maximum absolute atomic E-state index is 12.3. The molecule has 0 aromatic heterocycles. The molecule has 6 heteroatoms. The first-order chi connectivity index (χ1) is 9.97. The third kappa shape index (κ3) is 2.82. The van der Waals surface area contributed by atoms with Gasteiger partial charge in [0.05, 0.1) is 4.90 Å². The molecule has 2 fully saturated rings. The summed E-state index contributed by atoms with van der Waals surface area (Å²) in [5.41, 5.74) is 0. The maximum atomic E-state index is 12.3. The molecule has 1 amide bonds. The Hall–Kier alpha value is -1.40. The highest BCUT2D eigenvalue weighted by Crippen LogP contribution is 2.41. The molecule has 1 saturated heterocycles. The van der Waals surface area contributed by atoms with Gasteiger partial charge >= 0.3 is 0 Å². The van der Waals surface area contributed by atoms with E-state index in [2.05, 4.69) is 17.0 Å². The predicted molar refractivity (Wildman–Crippen MR) is 78.9 cm³/mol. The Morgan fingerprint density at radius 1 is 1.29 bits per heavy atom. The van der Waals surface area contributed by atoms with Crippen molar-refractivity contribution in [3.05, 3.63) is 30.3 Å². The lowest BCUT2D eigenvalue weighted by molar-refractivity contribution is -0.119. The summed E-state index contributed by atoms with van der Waals surface area (Å²) >= 11 is 0. The van der Waals surface area contributed by atoms with Crippen molar-refractivity contribution in [2.75, 3.05) is 6.54 Å². The van der Waals surface area contributed by atoms with Crippen LogP contribution in [-0.4, -0.2) is 26.9 Å². The van der Waals surface area contributed by atoms with Crippen molar-refractivity contribution in [3.8, 4) is 0 Å². The van der Waals surface area contributed by atoms with Crippen LogP contribution >= 0.6 is 0 Å². The van der Waals surface area contributed by atoms with E-state index in [1.165, 1.54) is 0 Å². The number of hydrogen-bond acceptors (Lipinski definition) is 3. The number of carbonyl (C=O) groups is 1. The van der Waals surface area contributed by atoms with Gasteiger partial charge in [0, 0.05) is 19.0 Å². The first-order valence-corrected chi connectivity index (χ1v) is 8.80. The molecule has 1 aromatic carbocycles. The molecule has 0 unspecified atom stereocenters. The van der Waals surface area contributed by atoms with Gasteiger partial charge in [-0.2, -0.15) is 0 Å². The zero-order valence-corrected chi connectivity index (χ0v) is 12.8. The summed E-state index contributed by atoms with van der Waals surface area (Å²) in [6.07, 6.45) is 1.46. The van der Waals surface area contributed by atoms with Gasteiger partial charge in [0.2, 0.25) is 15.9 Å². The van der Waals surface area contributed by atoms with E-state index >= 15 is 0 Å². The molecule has 1 heterocycles. The number of rotatable bonds is 4. The van der Waals surface area contributed by atoms with E-state index < -0.39 is 10.0 Å². The monoisotopic (exact) mass is 308 g/mol. The van der Waals surface area contributed by atoms with Gasteiger partial charge in [-0.15, -0.1) is 0 Å². The Labute approximate surface area is 125 Å². The van der Waals surface area contributed by atoms with E-state index in [1.54, 1.807) is 30.3 Å². The highest BCUT2D eigenvalue weighted by molar-refractivity contribution is 7.89. The summed E-state index contributed by atoms with van der Waals surface area (Å²) in [5.74, 6) is 0.977. The third-order valence-corrected chi connectivity index (χ3v) is 6.19. The van der Waals surface area contributed by atoms with Crippen LogP contribution in [-0.2, 0) is 14.8 Å². The molecule has 21 heavy (non-hydrogen) atoms. The van der Waals surface area contributed by atoms with Crippen LogP contribution in [0.3, 0.4) is 0 Å². The highest BCUT2D eigenvalue weighted by Gasteiger charge is 2.46. The second-order valence-corrected chi connectivity index (χ2v) is 7.85. The van der Waals surface area contributed by atoms with E-state index in [1.807, 2.05) is 0 Å². The Balaban J connectivity index is 1.69. The van der Waals surface area contributed by atoms with Crippen LogP contribution in [0.5, 0.6) is 0 Å². The fourth-order valence-corrected chi connectivity index (χ4v) is 4.75. The number of benzene rings is 1. The molecule has 2 N–H and O–H groups in total. The van der Waals surface area contributed by atoms with Crippen LogP contribution in [0, 0.1) is 17.8 Å². The average Bonchev–Trinajstić information content (AvgIpc) is 2.93. The van der Waals surface area contributed by atoms with Crippen molar-refractivity contribution in [3.63, 3.8) is 0 Å². The van der Waals surface area contributed by atoms with Crippen molar-refractivity contribution in [1.29, 1.82) is 0 Å². The third-order valence-electron chi connectivity index (χ3n) is 4.75. The fourth-order valence-electron chi connectivity index (χ4n) is 3.65. The van der Waals surface area contributed by atoms with Crippen LogP contribution in [0.25, 0.3) is 0 Å². The van der Waals surface area contributed by atoms with Gasteiger partial charge in [0.25, 0.3) is 0 Å². The van der Waals surface area contributed by atoms with Gasteiger partial charge in [-0.05, 0) is 36.3 Å². The van der Waals surface area contributed by atoms with E-state index in [4.69, 9.17) is 0 Å². The minimum atomic E-state index is -3.47. The van der Waals surface area contributed by atoms with Crippen molar-refractivity contribution >= 4 is 15.9 Å². The lowest BCUT2D eigenvalue weighted by Gasteiger charge is -2.21. The van der Waals surface area contributed by atoms with E-state index in [9.17, 15) is 13.2 Å². The largest absolute Gasteiger partial charge is 0.353 e. The van der Waals surface area contributed by atoms with Gasteiger partial charge in [-0.25, -0.2) is 13.1 Å². The molecule has 114 valence electrons. The SMILES string of the molecule is C[C@H]1C[C@H]2NC(=O)C[C@H]2[C@@H]1CNS(=O)(=O)c1ccccc1. The minimum absolute atomic E-state index is 0.0906. The molecule has 1 aliphatic carbocycles. The molecule has 5 nitrogen and oxygen atoms in total. The second kappa shape index (κ2) is 5.42. The van der Waals surface area contributed by atoms with Crippen LogP contribution in [0.1, 0.15) is 19.8 Å². The number of sulfonamides is 1. The molecule has 0 radical (unpaired) electrons. The van der Waals surface area contributed by atoms with Crippen molar-refractivity contribution in [2.24, 2.45) is 17.8 Å². The van der Waals surface area contributed by atoms with Crippen LogP contribution < -0.4 is 10.0 Å². The lowest BCUT2D eigenvalue weighted by atomic mass is 9.89. The van der Waals surface area contributed by atoms with E-state index in [-0.39, 0.29) is 28.7 Å². The van der Waals surface area contributed by atoms with Crippen molar-refractivity contribution < 1.29 is 13.2 Å². The topological polar surface area (TPSA) is 75.3 Å². The molecule has 1 aliphatic heterocycles.